The van der Waals surface area contributed by atoms with Crippen molar-refractivity contribution in [3.8, 4) is 0 Å². The van der Waals surface area contributed by atoms with E-state index in [0.29, 0.717) is 10.4 Å². The van der Waals surface area contributed by atoms with Gasteiger partial charge in [0.2, 0.25) is 0 Å². The minimum absolute atomic E-state index is 0.321. The van der Waals surface area contributed by atoms with Crippen LogP contribution in [-0.4, -0.2) is 30.5 Å². The van der Waals surface area contributed by atoms with Crippen LogP contribution in [0.2, 0.25) is 0 Å². The Balaban J connectivity index is 1.97. The van der Waals surface area contributed by atoms with Crippen molar-refractivity contribution in [2.75, 3.05) is 13.1 Å². The number of benzene rings is 1. The fourth-order valence-corrected chi connectivity index (χ4v) is 4.87. The fraction of sp³-hybridized carbons (Fsp3) is 0.211. The van der Waals surface area contributed by atoms with Gasteiger partial charge < -0.3 is 5.32 Å². The Bertz CT molecular complexity index is 1080. The molecule has 1 N–H and O–H groups in total. The molecule has 0 amide bonds. The second kappa shape index (κ2) is 6.13. The number of rotatable bonds is 3. The number of hydrogen-bond donors (Lipinski definition) is 1. The summed E-state index contributed by atoms with van der Waals surface area (Å²) in [6.07, 6.45) is 6.40. The molecule has 0 atom stereocenters. The first-order valence-corrected chi connectivity index (χ1v) is 9.70. The van der Waals surface area contributed by atoms with Gasteiger partial charge in [-0.1, -0.05) is 24.3 Å². The van der Waals surface area contributed by atoms with Gasteiger partial charge in [-0.2, -0.15) is 0 Å². The third-order valence-electron chi connectivity index (χ3n) is 4.57. The lowest BCUT2D eigenvalue weighted by Gasteiger charge is -2.13. The number of aromatic nitrogens is 2. The molecule has 4 rings (SSSR count). The number of aryl methyl sites for hydroxylation is 1. The summed E-state index contributed by atoms with van der Waals surface area (Å²) in [6, 6.07) is 10.6. The zero-order chi connectivity index (χ0) is 17.4. The Labute approximate surface area is 147 Å². The predicted octanol–water partition coefficient (Wildman–Crippen LogP) is 2.96. The lowest BCUT2D eigenvalue weighted by molar-refractivity contribution is 0.588. The van der Waals surface area contributed by atoms with Crippen LogP contribution in [0.25, 0.3) is 16.6 Å². The summed E-state index contributed by atoms with van der Waals surface area (Å²) in [7, 11) is -3.68. The molecule has 0 saturated carbocycles. The molecule has 0 radical (unpaired) electrons. The van der Waals surface area contributed by atoms with Crippen LogP contribution in [0.15, 0.2) is 59.8 Å². The molecule has 0 aliphatic carbocycles. The van der Waals surface area contributed by atoms with E-state index in [1.807, 2.05) is 25.1 Å². The molecule has 1 aliphatic rings. The maximum atomic E-state index is 13.3. The zero-order valence-corrected chi connectivity index (χ0v) is 14.8. The molecular formula is C19H19N3O2S. The van der Waals surface area contributed by atoms with Crippen LogP contribution in [-0.2, 0) is 10.0 Å². The molecule has 6 heteroatoms. The quantitative estimate of drug-likeness (QED) is 0.786. The molecule has 5 nitrogen and oxygen atoms in total. The van der Waals surface area contributed by atoms with Gasteiger partial charge in [0.25, 0.3) is 10.0 Å². The van der Waals surface area contributed by atoms with Gasteiger partial charge in [-0.05, 0) is 49.2 Å². The number of nitrogens with zero attached hydrogens (tertiary/aromatic N) is 2. The molecule has 3 aromatic rings. The summed E-state index contributed by atoms with van der Waals surface area (Å²) in [5.74, 6) is 0. The highest BCUT2D eigenvalue weighted by Crippen LogP contribution is 2.31. The molecule has 0 bridgehead atoms. The van der Waals surface area contributed by atoms with E-state index in [1.165, 1.54) is 3.97 Å². The Kier molecular flexibility index (Phi) is 3.94. The van der Waals surface area contributed by atoms with Crippen molar-refractivity contribution in [2.45, 2.75) is 18.2 Å². The van der Waals surface area contributed by atoms with Gasteiger partial charge in [0, 0.05) is 24.5 Å². The highest BCUT2D eigenvalue weighted by atomic mass is 32.2. The van der Waals surface area contributed by atoms with Crippen LogP contribution in [0.1, 0.15) is 17.5 Å². The lowest BCUT2D eigenvalue weighted by atomic mass is 10.0. The van der Waals surface area contributed by atoms with Crippen molar-refractivity contribution in [1.82, 2.24) is 14.3 Å². The van der Waals surface area contributed by atoms with Gasteiger partial charge in [-0.15, -0.1) is 0 Å². The van der Waals surface area contributed by atoms with Crippen molar-refractivity contribution >= 4 is 26.6 Å². The second-order valence-electron chi connectivity index (χ2n) is 6.16. The first-order chi connectivity index (χ1) is 12.1. The average molecular weight is 353 g/mol. The SMILES string of the molecule is Cc1ccccc1S(=O)(=O)n1cc(C2=CCNCC2)c2ncccc21. The van der Waals surface area contributed by atoms with Crippen molar-refractivity contribution in [2.24, 2.45) is 0 Å². The van der Waals surface area contributed by atoms with E-state index in [1.54, 1.807) is 30.6 Å². The van der Waals surface area contributed by atoms with Gasteiger partial charge in [0.05, 0.1) is 15.9 Å². The van der Waals surface area contributed by atoms with Gasteiger partial charge >= 0.3 is 0 Å². The summed E-state index contributed by atoms with van der Waals surface area (Å²) < 4.78 is 27.9. The molecule has 1 aliphatic heterocycles. The molecular weight excluding hydrogens is 334 g/mol. The Hall–Kier alpha value is -2.44. The molecule has 2 aromatic heterocycles. The first kappa shape index (κ1) is 16.1. The van der Waals surface area contributed by atoms with Gasteiger partial charge in [0.1, 0.15) is 0 Å². The highest BCUT2D eigenvalue weighted by Gasteiger charge is 2.24. The van der Waals surface area contributed by atoms with E-state index < -0.39 is 10.0 Å². The van der Waals surface area contributed by atoms with Crippen LogP contribution in [0, 0.1) is 6.92 Å². The lowest BCUT2D eigenvalue weighted by Crippen LogP contribution is -2.20. The van der Waals surface area contributed by atoms with Crippen LogP contribution in [0.3, 0.4) is 0 Å². The van der Waals surface area contributed by atoms with Crippen molar-refractivity contribution in [1.29, 1.82) is 0 Å². The normalized spacial score (nSPS) is 15.3. The number of hydrogen-bond acceptors (Lipinski definition) is 4. The topological polar surface area (TPSA) is 64.0 Å². The second-order valence-corrected chi connectivity index (χ2v) is 7.95. The summed E-state index contributed by atoms with van der Waals surface area (Å²) in [5.41, 5.74) is 4.11. The Morgan fingerprint density at radius 3 is 2.76 bits per heavy atom. The third kappa shape index (κ3) is 2.67. The number of pyridine rings is 1. The molecule has 1 aromatic carbocycles. The predicted molar refractivity (Wildman–Crippen MR) is 99.0 cm³/mol. The van der Waals surface area contributed by atoms with E-state index in [0.717, 1.165) is 41.7 Å². The fourth-order valence-electron chi connectivity index (χ4n) is 3.28. The monoisotopic (exact) mass is 353 g/mol. The van der Waals surface area contributed by atoms with E-state index >= 15 is 0 Å². The standard InChI is InChI=1S/C19H19N3O2S/c1-14-5-2-3-7-18(14)25(23,24)22-13-16(15-8-11-20-12-9-15)19-17(22)6-4-10-21-19/h2-8,10,13,20H,9,11-12H2,1H3. The van der Waals surface area contributed by atoms with E-state index in [-0.39, 0.29) is 0 Å². The van der Waals surface area contributed by atoms with Crippen molar-refractivity contribution < 1.29 is 8.42 Å². The molecule has 0 spiro atoms. The van der Waals surface area contributed by atoms with E-state index in [9.17, 15) is 8.42 Å². The van der Waals surface area contributed by atoms with Crippen LogP contribution < -0.4 is 5.32 Å². The largest absolute Gasteiger partial charge is 0.313 e. The van der Waals surface area contributed by atoms with Crippen molar-refractivity contribution in [3.63, 3.8) is 0 Å². The van der Waals surface area contributed by atoms with Gasteiger partial charge in [-0.3, -0.25) is 4.98 Å². The Morgan fingerprint density at radius 1 is 1.16 bits per heavy atom. The van der Waals surface area contributed by atoms with E-state index in [4.69, 9.17) is 0 Å². The molecule has 25 heavy (non-hydrogen) atoms. The minimum atomic E-state index is -3.68. The molecule has 0 saturated heterocycles. The zero-order valence-electron chi connectivity index (χ0n) is 13.9. The number of nitrogens with one attached hydrogen (secondary N) is 1. The first-order valence-electron chi connectivity index (χ1n) is 8.26. The van der Waals surface area contributed by atoms with Crippen LogP contribution in [0.5, 0.6) is 0 Å². The Morgan fingerprint density at radius 2 is 2.00 bits per heavy atom. The summed E-state index contributed by atoms with van der Waals surface area (Å²) in [5, 5.41) is 3.28. The van der Waals surface area contributed by atoms with Gasteiger partial charge in [-0.25, -0.2) is 12.4 Å². The molecule has 128 valence electrons. The maximum absolute atomic E-state index is 13.3. The van der Waals surface area contributed by atoms with Crippen LogP contribution in [0.4, 0.5) is 0 Å². The number of fused-ring (bicyclic) bond motifs is 1. The molecule has 0 unspecified atom stereocenters. The molecule has 3 heterocycles. The maximum Gasteiger partial charge on any atom is 0.268 e. The van der Waals surface area contributed by atoms with Crippen molar-refractivity contribution in [3.05, 3.63) is 66.0 Å². The minimum Gasteiger partial charge on any atom is -0.313 e. The summed E-state index contributed by atoms with van der Waals surface area (Å²) in [4.78, 5) is 4.78. The summed E-state index contributed by atoms with van der Waals surface area (Å²) in [6.45, 7) is 3.49. The van der Waals surface area contributed by atoms with E-state index in [2.05, 4.69) is 16.4 Å². The van der Waals surface area contributed by atoms with Crippen LogP contribution >= 0.6 is 0 Å². The summed E-state index contributed by atoms with van der Waals surface area (Å²) >= 11 is 0. The highest BCUT2D eigenvalue weighted by molar-refractivity contribution is 7.90. The third-order valence-corrected chi connectivity index (χ3v) is 6.40. The van der Waals surface area contributed by atoms with Gasteiger partial charge in [0.15, 0.2) is 0 Å². The average Bonchev–Trinajstić information content (AvgIpc) is 3.03. The smallest absolute Gasteiger partial charge is 0.268 e. The molecule has 0 fully saturated rings.